The van der Waals surface area contributed by atoms with Gasteiger partial charge in [0.1, 0.15) is 0 Å². The monoisotopic (exact) mass is 236 g/mol. The molecule has 2 rings (SSSR count). The second-order valence-corrected chi connectivity index (χ2v) is 4.85. The van der Waals surface area contributed by atoms with Gasteiger partial charge >= 0.3 is 0 Å². The highest BCUT2D eigenvalue weighted by Gasteiger charge is 2.18. The molecule has 2 N–H and O–H groups in total. The van der Waals surface area contributed by atoms with E-state index in [1.165, 1.54) is 0 Å². The summed E-state index contributed by atoms with van der Waals surface area (Å²) < 4.78 is 1.72. The zero-order valence-corrected chi connectivity index (χ0v) is 10.3. The van der Waals surface area contributed by atoms with Gasteiger partial charge in [-0.3, -0.25) is 14.4 Å². The van der Waals surface area contributed by atoms with Crippen molar-refractivity contribution in [3.8, 4) is 0 Å². The lowest BCUT2D eigenvalue weighted by atomic mass is 10.1. The Morgan fingerprint density at radius 2 is 2.24 bits per heavy atom. The summed E-state index contributed by atoms with van der Waals surface area (Å²) in [5.74, 6) is 0.258. The molecular formula is C12H20N4O. The van der Waals surface area contributed by atoms with E-state index in [1.54, 1.807) is 10.9 Å². The SMILES string of the molecule is Cn1cc(CC(=O)CN2CCC(N)CC2)cn1. The number of carbonyl (C=O) groups is 1. The molecule has 0 unspecified atom stereocenters. The highest BCUT2D eigenvalue weighted by atomic mass is 16.1. The summed E-state index contributed by atoms with van der Waals surface area (Å²) in [6.07, 6.45) is 6.13. The molecule has 0 atom stereocenters. The first-order valence-corrected chi connectivity index (χ1v) is 6.10. The van der Waals surface area contributed by atoms with Crippen LogP contribution in [0, 0.1) is 0 Å². The van der Waals surface area contributed by atoms with E-state index in [-0.39, 0.29) is 5.78 Å². The fraction of sp³-hybridized carbons (Fsp3) is 0.667. The van der Waals surface area contributed by atoms with Gasteiger partial charge < -0.3 is 5.73 Å². The van der Waals surface area contributed by atoms with E-state index in [4.69, 9.17) is 5.73 Å². The summed E-state index contributed by atoms with van der Waals surface area (Å²) in [7, 11) is 1.86. The molecule has 0 spiro atoms. The van der Waals surface area contributed by atoms with E-state index in [0.717, 1.165) is 31.5 Å². The lowest BCUT2D eigenvalue weighted by Gasteiger charge is -2.29. The van der Waals surface area contributed by atoms with Crippen LogP contribution in [0.15, 0.2) is 12.4 Å². The van der Waals surface area contributed by atoms with E-state index in [1.807, 2.05) is 13.2 Å². The number of likely N-dealkylation sites (tertiary alicyclic amines) is 1. The molecule has 1 saturated heterocycles. The summed E-state index contributed by atoms with van der Waals surface area (Å²) in [5, 5.41) is 4.06. The first kappa shape index (κ1) is 12.3. The highest BCUT2D eigenvalue weighted by molar-refractivity contribution is 5.82. The third kappa shape index (κ3) is 3.64. The third-order valence-corrected chi connectivity index (χ3v) is 3.19. The van der Waals surface area contributed by atoms with Crippen molar-refractivity contribution >= 4 is 5.78 Å². The molecule has 0 aromatic carbocycles. The number of carbonyl (C=O) groups excluding carboxylic acids is 1. The van der Waals surface area contributed by atoms with E-state index in [2.05, 4.69) is 10.00 Å². The van der Waals surface area contributed by atoms with Crippen LogP contribution in [0.5, 0.6) is 0 Å². The number of aryl methyl sites for hydroxylation is 1. The molecule has 1 fully saturated rings. The molecule has 0 radical (unpaired) electrons. The van der Waals surface area contributed by atoms with Crippen molar-refractivity contribution in [1.29, 1.82) is 0 Å². The Hall–Kier alpha value is -1.20. The van der Waals surface area contributed by atoms with Crippen molar-refractivity contribution in [1.82, 2.24) is 14.7 Å². The maximum absolute atomic E-state index is 11.9. The number of aromatic nitrogens is 2. The average Bonchev–Trinajstić information content (AvgIpc) is 2.67. The standard InChI is InChI=1S/C12H20N4O/c1-15-8-10(7-14-15)6-12(17)9-16-4-2-11(13)3-5-16/h7-8,11H,2-6,9,13H2,1H3. The van der Waals surface area contributed by atoms with E-state index in [0.29, 0.717) is 19.0 Å². The van der Waals surface area contributed by atoms with Crippen LogP contribution >= 0.6 is 0 Å². The van der Waals surface area contributed by atoms with Crippen LogP contribution in [-0.2, 0) is 18.3 Å². The maximum atomic E-state index is 11.9. The largest absolute Gasteiger partial charge is 0.328 e. The molecule has 0 bridgehead atoms. The van der Waals surface area contributed by atoms with Crippen molar-refractivity contribution < 1.29 is 4.79 Å². The smallest absolute Gasteiger partial charge is 0.151 e. The first-order chi connectivity index (χ1) is 8.13. The second kappa shape index (κ2) is 5.42. The molecule has 0 aliphatic carbocycles. The van der Waals surface area contributed by atoms with Crippen molar-refractivity contribution in [3.05, 3.63) is 18.0 Å². The van der Waals surface area contributed by atoms with E-state index in [9.17, 15) is 4.79 Å². The number of rotatable bonds is 4. The normalized spacial score (nSPS) is 18.5. The second-order valence-electron chi connectivity index (χ2n) is 4.85. The molecule has 5 nitrogen and oxygen atoms in total. The van der Waals surface area contributed by atoms with Gasteiger partial charge in [0.2, 0.25) is 0 Å². The van der Waals surface area contributed by atoms with Gasteiger partial charge in [0.15, 0.2) is 5.78 Å². The molecule has 2 heterocycles. The summed E-state index contributed by atoms with van der Waals surface area (Å²) in [6.45, 7) is 2.43. The fourth-order valence-electron chi connectivity index (χ4n) is 2.21. The maximum Gasteiger partial charge on any atom is 0.151 e. The molecule has 1 aliphatic rings. The van der Waals surface area contributed by atoms with Gasteiger partial charge in [0.05, 0.1) is 12.7 Å². The van der Waals surface area contributed by atoms with Crippen LogP contribution in [0.1, 0.15) is 18.4 Å². The lowest BCUT2D eigenvalue weighted by molar-refractivity contribution is -0.119. The number of Topliss-reactive ketones (excluding diaryl/α,β-unsaturated/α-hetero) is 1. The van der Waals surface area contributed by atoms with Gasteiger partial charge in [-0.15, -0.1) is 0 Å². The van der Waals surface area contributed by atoms with E-state index >= 15 is 0 Å². The Labute approximate surface area is 102 Å². The number of hydrogen-bond acceptors (Lipinski definition) is 4. The Bertz CT molecular complexity index is 380. The number of hydrogen-bond donors (Lipinski definition) is 1. The third-order valence-electron chi connectivity index (χ3n) is 3.19. The zero-order valence-electron chi connectivity index (χ0n) is 10.3. The Kier molecular flexibility index (Phi) is 3.91. The van der Waals surface area contributed by atoms with Gasteiger partial charge in [-0.2, -0.15) is 5.10 Å². The molecular weight excluding hydrogens is 216 g/mol. The van der Waals surface area contributed by atoms with Crippen LogP contribution in [0.3, 0.4) is 0 Å². The minimum Gasteiger partial charge on any atom is -0.328 e. The van der Waals surface area contributed by atoms with E-state index < -0.39 is 0 Å². The predicted octanol–water partition coefficient (Wildman–Crippen LogP) is -0.0452. The topological polar surface area (TPSA) is 64.2 Å². The van der Waals surface area contributed by atoms with Crippen molar-refractivity contribution in [2.45, 2.75) is 25.3 Å². The Morgan fingerprint density at radius 3 is 2.82 bits per heavy atom. The minimum atomic E-state index is 0.258. The molecule has 94 valence electrons. The van der Waals surface area contributed by atoms with Crippen molar-refractivity contribution in [2.75, 3.05) is 19.6 Å². The molecule has 1 aliphatic heterocycles. The highest BCUT2D eigenvalue weighted by Crippen LogP contribution is 2.08. The molecule has 17 heavy (non-hydrogen) atoms. The van der Waals surface area contributed by atoms with Gasteiger partial charge in [-0.1, -0.05) is 0 Å². The molecule has 5 heteroatoms. The zero-order chi connectivity index (χ0) is 12.3. The van der Waals surface area contributed by atoms with Crippen LogP contribution in [0.2, 0.25) is 0 Å². The first-order valence-electron chi connectivity index (χ1n) is 6.10. The summed E-state index contributed by atoms with van der Waals surface area (Å²) in [5.41, 5.74) is 6.82. The predicted molar refractivity (Wildman–Crippen MR) is 65.6 cm³/mol. The molecule has 0 saturated carbocycles. The average molecular weight is 236 g/mol. The summed E-state index contributed by atoms with van der Waals surface area (Å²) in [4.78, 5) is 14.1. The summed E-state index contributed by atoms with van der Waals surface area (Å²) >= 11 is 0. The van der Waals surface area contributed by atoms with Crippen LogP contribution < -0.4 is 5.73 Å². The van der Waals surface area contributed by atoms with Gasteiger partial charge in [0.25, 0.3) is 0 Å². The minimum absolute atomic E-state index is 0.258. The molecule has 1 aromatic rings. The van der Waals surface area contributed by atoms with Crippen molar-refractivity contribution in [2.24, 2.45) is 12.8 Å². The number of ketones is 1. The fourth-order valence-corrected chi connectivity index (χ4v) is 2.21. The number of piperidine rings is 1. The molecule has 1 aromatic heterocycles. The van der Waals surface area contributed by atoms with Gasteiger partial charge in [0, 0.05) is 38.8 Å². The number of nitrogens with zero attached hydrogens (tertiary/aromatic N) is 3. The lowest BCUT2D eigenvalue weighted by Crippen LogP contribution is -2.42. The Balaban J connectivity index is 1.77. The van der Waals surface area contributed by atoms with Crippen LogP contribution in [0.25, 0.3) is 0 Å². The van der Waals surface area contributed by atoms with Crippen LogP contribution in [0.4, 0.5) is 0 Å². The van der Waals surface area contributed by atoms with Crippen LogP contribution in [-0.4, -0.2) is 46.1 Å². The Morgan fingerprint density at radius 1 is 1.53 bits per heavy atom. The number of nitrogens with two attached hydrogens (primary N) is 1. The summed E-state index contributed by atoms with van der Waals surface area (Å²) in [6, 6.07) is 0.319. The quantitative estimate of drug-likeness (QED) is 0.796. The molecule has 0 amide bonds. The van der Waals surface area contributed by atoms with Crippen molar-refractivity contribution in [3.63, 3.8) is 0 Å². The van der Waals surface area contributed by atoms with Gasteiger partial charge in [-0.25, -0.2) is 0 Å². The van der Waals surface area contributed by atoms with Gasteiger partial charge in [-0.05, 0) is 18.4 Å².